The molecule has 9 heteroatoms. The maximum absolute atomic E-state index is 14.4. The van der Waals surface area contributed by atoms with Gasteiger partial charge in [-0.25, -0.2) is 9.37 Å². The van der Waals surface area contributed by atoms with Crippen molar-refractivity contribution in [2.45, 2.75) is 38.0 Å². The Morgan fingerprint density at radius 1 is 1.08 bits per heavy atom. The van der Waals surface area contributed by atoms with E-state index in [-0.39, 0.29) is 11.3 Å². The number of aryl methyl sites for hydroxylation is 1. The first-order chi connectivity index (χ1) is 18.2. The van der Waals surface area contributed by atoms with Crippen molar-refractivity contribution < 1.29 is 27.1 Å². The van der Waals surface area contributed by atoms with Crippen molar-refractivity contribution in [2.75, 3.05) is 12.0 Å². The first-order valence-electron chi connectivity index (χ1n) is 12.0. The fraction of sp³-hybridized carbons (Fsp3) is 0.241. The highest BCUT2D eigenvalue weighted by atomic mass is 19.4. The third-order valence-electron chi connectivity index (χ3n) is 6.33. The number of pyridine rings is 1. The number of methoxy groups -OCH3 is 1. The summed E-state index contributed by atoms with van der Waals surface area (Å²) < 4.78 is 60.2. The molecule has 38 heavy (non-hydrogen) atoms. The van der Waals surface area contributed by atoms with Crippen molar-refractivity contribution in [1.29, 1.82) is 0 Å². The van der Waals surface area contributed by atoms with Crippen molar-refractivity contribution in [2.24, 2.45) is 0 Å². The molecule has 1 N–H and O–H groups in total. The van der Waals surface area contributed by atoms with Crippen LogP contribution < -0.4 is 15.0 Å². The first kappa shape index (κ1) is 26.9. The molecule has 0 aliphatic carbocycles. The quantitative estimate of drug-likeness (QED) is 0.185. The molecule has 0 saturated carbocycles. The highest BCUT2D eigenvalue weighted by Gasteiger charge is 2.38. The van der Waals surface area contributed by atoms with Gasteiger partial charge in [0.2, 0.25) is 5.88 Å². The van der Waals surface area contributed by atoms with Crippen molar-refractivity contribution in [1.82, 2.24) is 10.3 Å². The smallest absolute Gasteiger partial charge is 0.416 e. The highest BCUT2D eigenvalue weighted by Crippen LogP contribution is 2.44. The second kappa shape index (κ2) is 11.1. The van der Waals surface area contributed by atoms with Crippen LogP contribution in [0.1, 0.15) is 51.7 Å². The van der Waals surface area contributed by atoms with Gasteiger partial charge >= 0.3 is 6.18 Å². The van der Waals surface area contributed by atoms with Gasteiger partial charge in [0.15, 0.2) is 0 Å². The van der Waals surface area contributed by atoms with Crippen molar-refractivity contribution in [3.8, 4) is 5.88 Å². The minimum atomic E-state index is -4.63. The van der Waals surface area contributed by atoms with Crippen LogP contribution in [0, 0.1) is 5.82 Å². The number of carbonyl (C=O) groups is 1. The Morgan fingerprint density at radius 2 is 1.84 bits per heavy atom. The van der Waals surface area contributed by atoms with Gasteiger partial charge < -0.3 is 15.0 Å². The number of carbonyl (C=O) groups excluding carboxylic acids is 1. The van der Waals surface area contributed by atoms with Crippen LogP contribution in [0.2, 0.25) is 0 Å². The summed E-state index contributed by atoms with van der Waals surface area (Å²) in [6.45, 7) is 7.52. The van der Waals surface area contributed by atoms with Crippen molar-refractivity contribution >= 4 is 17.3 Å². The lowest BCUT2D eigenvalue weighted by Crippen LogP contribution is -2.45. The predicted octanol–water partition coefficient (Wildman–Crippen LogP) is 7.07. The van der Waals surface area contributed by atoms with Crippen molar-refractivity contribution in [3.05, 3.63) is 108 Å². The van der Waals surface area contributed by atoms with E-state index in [0.29, 0.717) is 54.1 Å². The Hall–Kier alpha value is -4.14. The maximum Gasteiger partial charge on any atom is 0.416 e. The maximum atomic E-state index is 14.4. The molecule has 0 spiro atoms. The number of alkyl halides is 3. The molecule has 4 rings (SSSR count). The van der Waals surface area contributed by atoms with Gasteiger partial charge in [-0.15, -0.1) is 13.2 Å². The molecule has 2 aromatic carbocycles. The molecule has 1 atom stereocenters. The van der Waals surface area contributed by atoms with Crippen LogP contribution in [-0.2, 0) is 19.0 Å². The molecule has 1 unspecified atom stereocenters. The Labute approximate surface area is 218 Å². The van der Waals surface area contributed by atoms with Gasteiger partial charge in [-0.3, -0.25) is 4.79 Å². The molecule has 0 radical (unpaired) electrons. The summed E-state index contributed by atoms with van der Waals surface area (Å²) in [7, 11) is 1.48. The van der Waals surface area contributed by atoms with Gasteiger partial charge in [0.05, 0.1) is 29.6 Å². The van der Waals surface area contributed by atoms with Gasteiger partial charge in [0, 0.05) is 23.7 Å². The van der Waals surface area contributed by atoms with E-state index in [1.54, 1.807) is 35.3 Å². The van der Waals surface area contributed by atoms with Gasteiger partial charge in [-0.05, 0) is 67.3 Å². The van der Waals surface area contributed by atoms with E-state index in [4.69, 9.17) is 4.74 Å². The summed E-state index contributed by atoms with van der Waals surface area (Å²) in [5.41, 5.74) is 1.57. The average Bonchev–Trinajstić information content (AvgIpc) is 2.89. The van der Waals surface area contributed by atoms with Crippen molar-refractivity contribution in [3.63, 3.8) is 0 Å². The van der Waals surface area contributed by atoms with Crippen LogP contribution in [0.4, 0.5) is 28.9 Å². The average molecular weight is 526 g/mol. The van der Waals surface area contributed by atoms with Gasteiger partial charge in [0.25, 0.3) is 5.91 Å². The monoisotopic (exact) mass is 525 g/mol. The van der Waals surface area contributed by atoms with Gasteiger partial charge in [0.1, 0.15) is 12.0 Å². The standard InChI is InChI=1S/C29H27F4N3O2/c1-4-6-7-9-18-16-20(30)11-14-24(18)36-25-13-10-19(29(31,32)33)17-22(25)28(37)35-27(36)21-12-15-26(38-3)34-23(21)8-5-2/h4-5,10-17,27H,1-2,6-9H2,3H3,(H,35,37). The molecule has 1 amide bonds. The van der Waals surface area contributed by atoms with E-state index < -0.39 is 29.6 Å². The normalized spacial score (nSPS) is 15.0. The number of benzene rings is 2. The second-order valence-electron chi connectivity index (χ2n) is 8.81. The Balaban J connectivity index is 1.95. The molecule has 1 aliphatic rings. The molecule has 0 bridgehead atoms. The third kappa shape index (κ3) is 5.41. The number of hydrogen-bond donors (Lipinski definition) is 1. The lowest BCUT2D eigenvalue weighted by atomic mass is 9.96. The fourth-order valence-corrected chi connectivity index (χ4v) is 4.58. The molecule has 3 aromatic rings. The minimum Gasteiger partial charge on any atom is -0.481 e. The molecular formula is C29H27F4N3O2. The van der Waals surface area contributed by atoms with Crippen LogP contribution in [0.3, 0.4) is 0 Å². The predicted molar refractivity (Wildman–Crippen MR) is 138 cm³/mol. The Bertz CT molecular complexity index is 1370. The minimum absolute atomic E-state index is 0.135. The van der Waals surface area contributed by atoms with E-state index in [0.717, 1.165) is 12.1 Å². The van der Waals surface area contributed by atoms with Crippen LogP contribution in [0.15, 0.2) is 73.8 Å². The summed E-state index contributed by atoms with van der Waals surface area (Å²) >= 11 is 0. The Morgan fingerprint density at radius 3 is 2.53 bits per heavy atom. The van der Waals surface area contributed by atoms with Crippen LogP contribution in [-0.4, -0.2) is 18.0 Å². The Kier molecular flexibility index (Phi) is 7.85. The zero-order chi connectivity index (χ0) is 27.4. The lowest BCUT2D eigenvalue weighted by molar-refractivity contribution is -0.137. The number of anilines is 2. The summed E-state index contributed by atoms with van der Waals surface area (Å²) in [6, 6.07) is 10.7. The largest absolute Gasteiger partial charge is 0.481 e. The first-order valence-corrected chi connectivity index (χ1v) is 12.0. The molecular weight excluding hydrogens is 498 g/mol. The molecule has 1 aliphatic heterocycles. The summed E-state index contributed by atoms with van der Waals surface area (Å²) in [5, 5.41) is 2.86. The summed E-state index contributed by atoms with van der Waals surface area (Å²) in [6.07, 6.45) is 0.186. The number of halogens is 4. The van der Waals surface area contributed by atoms with Crippen LogP contribution >= 0.6 is 0 Å². The van der Waals surface area contributed by atoms with E-state index in [2.05, 4.69) is 23.5 Å². The number of rotatable bonds is 9. The highest BCUT2D eigenvalue weighted by molar-refractivity contribution is 6.03. The SMILES string of the molecule is C=CCCCc1cc(F)ccc1N1c2ccc(C(F)(F)F)cc2C(=O)NC1c1ccc(OC)nc1CC=C. The van der Waals surface area contributed by atoms with E-state index in [9.17, 15) is 22.4 Å². The van der Waals surface area contributed by atoms with E-state index in [1.165, 1.54) is 25.3 Å². The summed E-state index contributed by atoms with van der Waals surface area (Å²) in [4.78, 5) is 19.5. The topological polar surface area (TPSA) is 54.5 Å². The molecule has 2 heterocycles. The number of nitrogens with zero attached hydrogens (tertiary/aromatic N) is 2. The van der Waals surface area contributed by atoms with Gasteiger partial charge in [-0.2, -0.15) is 13.2 Å². The second-order valence-corrected chi connectivity index (χ2v) is 8.81. The molecule has 0 saturated heterocycles. The third-order valence-corrected chi connectivity index (χ3v) is 6.33. The number of fused-ring (bicyclic) bond motifs is 1. The number of unbranched alkanes of at least 4 members (excludes halogenated alkanes) is 1. The molecule has 1 aromatic heterocycles. The number of nitrogens with one attached hydrogen (secondary N) is 1. The van der Waals surface area contributed by atoms with E-state index >= 15 is 0 Å². The number of hydrogen-bond acceptors (Lipinski definition) is 4. The number of amides is 1. The molecule has 5 nitrogen and oxygen atoms in total. The fourth-order valence-electron chi connectivity index (χ4n) is 4.58. The van der Waals surface area contributed by atoms with E-state index in [1.807, 2.05) is 0 Å². The van der Waals surface area contributed by atoms with Crippen LogP contribution in [0.25, 0.3) is 0 Å². The zero-order valence-corrected chi connectivity index (χ0v) is 20.8. The zero-order valence-electron chi connectivity index (χ0n) is 20.8. The van der Waals surface area contributed by atoms with Crippen LogP contribution in [0.5, 0.6) is 5.88 Å². The van der Waals surface area contributed by atoms with Gasteiger partial charge in [-0.1, -0.05) is 12.2 Å². The molecule has 198 valence electrons. The number of aromatic nitrogens is 1. The number of allylic oxidation sites excluding steroid dienone is 2. The lowest BCUT2D eigenvalue weighted by Gasteiger charge is -2.41. The summed E-state index contributed by atoms with van der Waals surface area (Å²) in [5.74, 6) is -0.740. The molecule has 0 fully saturated rings. The number of ether oxygens (including phenoxy) is 1.